The molecule has 74 valence electrons. The van der Waals surface area contributed by atoms with E-state index in [4.69, 9.17) is 4.74 Å². The summed E-state index contributed by atoms with van der Waals surface area (Å²) in [6, 6.07) is 3.96. The molecular weight excluding hydrogens is 187 g/mol. The number of rotatable bonds is 4. The smallest absolute Gasteiger partial charge is 0.162 e. The molecule has 0 aromatic heterocycles. The van der Waals surface area contributed by atoms with E-state index in [0.717, 1.165) is 6.21 Å². The maximum Gasteiger partial charge on any atom is 0.162 e. The van der Waals surface area contributed by atoms with Gasteiger partial charge in [0, 0.05) is 6.07 Å². The Labute approximate surface area is 80.4 Å². The normalized spacial score (nSPS) is 10.1. The van der Waals surface area contributed by atoms with E-state index in [1.54, 1.807) is 0 Å². The maximum absolute atomic E-state index is 12.8. The molecular formula is C9H9FN2O2. The number of anilines is 1. The Morgan fingerprint density at radius 2 is 2.36 bits per heavy atom. The molecule has 1 N–H and O–H groups in total. The molecule has 0 aliphatic carbocycles. The topological polar surface area (TPSA) is 50.7 Å². The van der Waals surface area contributed by atoms with Crippen molar-refractivity contribution in [1.82, 2.24) is 0 Å². The summed E-state index contributed by atoms with van der Waals surface area (Å²) in [7, 11) is 1.46. The average molecular weight is 196 g/mol. The number of carbonyl (C=O) groups excluding carboxylic acids is 1. The van der Waals surface area contributed by atoms with Gasteiger partial charge in [-0.2, -0.15) is 5.10 Å². The lowest BCUT2D eigenvalue weighted by Crippen LogP contribution is -1.95. The zero-order valence-electron chi connectivity index (χ0n) is 7.53. The Kier molecular flexibility index (Phi) is 3.60. The number of nitrogens with one attached hydrogen (secondary N) is 1. The molecule has 0 atom stereocenters. The van der Waals surface area contributed by atoms with Gasteiger partial charge in [-0.25, -0.2) is 4.39 Å². The summed E-state index contributed by atoms with van der Waals surface area (Å²) in [5.41, 5.74) is 2.85. The second-order valence-corrected chi connectivity index (χ2v) is 2.37. The zero-order chi connectivity index (χ0) is 10.4. The van der Waals surface area contributed by atoms with Crippen LogP contribution in [0.1, 0.15) is 0 Å². The van der Waals surface area contributed by atoms with Crippen LogP contribution in [0.4, 0.5) is 10.1 Å². The maximum atomic E-state index is 12.8. The van der Waals surface area contributed by atoms with Gasteiger partial charge in [-0.3, -0.25) is 10.2 Å². The van der Waals surface area contributed by atoms with E-state index in [0.29, 0.717) is 17.7 Å². The van der Waals surface area contributed by atoms with Crippen molar-refractivity contribution in [3.8, 4) is 5.75 Å². The second kappa shape index (κ2) is 4.96. The quantitative estimate of drug-likeness (QED) is 0.450. The molecule has 0 saturated heterocycles. The molecule has 0 saturated carbocycles. The lowest BCUT2D eigenvalue weighted by molar-refractivity contribution is -0.102. The fourth-order valence-corrected chi connectivity index (χ4v) is 0.905. The number of carbonyl (C=O) groups is 1. The number of hydrogen-bond donors (Lipinski definition) is 1. The zero-order valence-corrected chi connectivity index (χ0v) is 7.53. The third kappa shape index (κ3) is 2.55. The highest BCUT2D eigenvalue weighted by Crippen LogP contribution is 2.24. The highest BCUT2D eigenvalue weighted by atomic mass is 19.1. The minimum Gasteiger partial charge on any atom is -0.495 e. The number of nitrogens with zero attached hydrogens (tertiary/aromatic N) is 1. The Morgan fingerprint density at radius 3 is 3.00 bits per heavy atom. The molecule has 0 aliphatic rings. The fourth-order valence-electron chi connectivity index (χ4n) is 0.905. The van der Waals surface area contributed by atoms with E-state index in [1.165, 1.54) is 25.3 Å². The molecule has 0 heterocycles. The molecule has 5 heteroatoms. The largest absolute Gasteiger partial charge is 0.495 e. The summed E-state index contributed by atoms with van der Waals surface area (Å²) in [6.45, 7) is 0. The molecule has 14 heavy (non-hydrogen) atoms. The number of halogens is 1. The second-order valence-electron chi connectivity index (χ2n) is 2.37. The van der Waals surface area contributed by atoms with Crippen molar-refractivity contribution in [2.45, 2.75) is 0 Å². The van der Waals surface area contributed by atoms with Crippen molar-refractivity contribution in [2.24, 2.45) is 5.10 Å². The van der Waals surface area contributed by atoms with Gasteiger partial charge in [0.25, 0.3) is 0 Å². The van der Waals surface area contributed by atoms with Crippen LogP contribution in [0.3, 0.4) is 0 Å². The third-order valence-electron chi connectivity index (χ3n) is 1.48. The predicted octanol–water partition coefficient (Wildman–Crippen LogP) is 1.43. The summed E-state index contributed by atoms with van der Waals surface area (Å²) >= 11 is 0. The summed E-state index contributed by atoms with van der Waals surface area (Å²) in [5.74, 6) is 0.0454. The summed E-state index contributed by atoms with van der Waals surface area (Å²) in [6.07, 6.45) is 1.53. The molecule has 4 nitrogen and oxygen atoms in total. The van der Waals surface area contributed by atoms with E-state index in [9.17, 15) is 9.18 Å². The third-order valence-corrected chi connectivity index (χ3v) is 1.48. The van der Waals surface area contributed by atoms with Crippen molar-refractivity contribution in [2.75, 3.05) is 12.5 Å². The minimum atomic E-state index is -0.408. The monoisotopic (exact) mass is 196 g/mol. The van der Waals surface area contributed by atoms with Crippen LogP contribution in [0, 0.1) is 5.82 Å². The molecule has 0 aliphatic heterocycles. The van der Waals surface area contributed by atoms with Gasteiger partial charge in [0.1, 0.15) is 17.3 Å². The van der Waals surface area contributed by atoms with Crippen molar-refractivity contribution in [3.05, 3.63) is 24.0 Å². The van der Waals surface area contributed by atoms with Crippen molar-refractivity contribution < 1.29 is 13.9 Å². The first-order valence-electron chi connectivity index (χ1n) is 3.84. The van der Waals surface area contributed by atoms with Gasteiger partial charge in [0.2, 0.25) is 0 Å². The van der Waals surface area contributed by atoms with Crippen LogP contribution in [0.25, 0.3) is 0 Å². The van der Waals surface area contributed by atoms with E-state index < -0.39 is 5.82 Å². The van der Waals surface area contributed by atoms with Gasteiger partial charge < -0.3 is 4.74 Å². The van der Waals surface area contributed by atoms with Gasteiger partial charge in [0.15, 0.2) is 6.29 Å². The van der Waals surface area contributed by atoms with Crippen LogP contribution in [-0.4, -0.2) is 19.6 Å². The first kappa shape index (κ1) is 10.2. The van der Waals surface area contributed by atoms with Gasteiger partial charge in [0.05, 0.1) is 13.3 Å². The molecule has 0 radical (unpaired) electrons. The van der Waals surface area contributed by atoms with Crippen molar-refractivity contribution in [3.63, 3.8) is 0 Å². The molecule has 1 aromatic carbocycles. The van der Waals surface area contributed by atoms with Crippen LogP contribution in [-0.2, 0) is 4.79 Å². The highest BCUT2D eigenvalue weighted by Gasteiger charge is 2.02. The van der Waals surface area contributed by atoms with E-state index >= 15 is 0 Å². The predicted molar refractivity (Wildman–Crippen MR) is 51.1 cm³/mol. The summed E-state index contributed by atoms with van der Waals surface area (Å²) in [4.78, 5) is 9.92. The number of hydrazone groups is 1. The van der Waals surface area contributed by atoms with Crippen LogP contribution >= 0.6 is 0 Å². The Hall–Kier alpha value is -1.91. The molecule has 0 amide bonds. The van der Waals surface area contributed by atoms with Crippen molar-refractivity contribution in [1.29, 1.82) is 0 Å². The van der Waals surface area contributed by atoms with E-state index in [2.05, 4.69) is 10.5 Å². The first-order chi connectivity index (χ1) is 6.77. The molecule has 0 unspecified atom stereocenters. The van der Waals surface area contributed by atoms with Gasteiger partial charge in [-0.15, -0.1) is 0 Å². The summed E-state index contributed by atoms with van der Waals surface area (Å²) in [5, 5.41) is 3.52. The number of ether oxygens (including phenoxy) is 1. The Balaban J connectivity index is 2.87. The van der Waals surface area contributed by atoms with Crippen LogP contribution in [0.5, 0.6) is 5.75 Å². The van der Waals surface area contributed by atoms with Gasteiger partial charge in [-0.1, -0.05) is 0 Å². The molecule has 1 rings (SSSR count). The summed E-state index contributed by atoms with van der Waals surface area (Å²) < 4.78 is 17.7. The minimum absolute atomic E-state index is 0.366. The molecule has 0 spiro atoms. The van der Waals surface area contributed by atoms with Crippen LogP contribution in [0.15, 0.2) is 23.3 Å². The van der Waals surface area contributed by atoms with Crippen LogP contribution < -0.4 is 10.2 Å². The van der Waals surface area contributed by atoms with Crippen LogP contribution in [0.2, 0.25) is 0 Å². The molecule has 0 fully saturated rings. The fraction of sp³-hybridized carbons (Fsp3) is 0.111. The number of benzene rings is 1. The van der Waals surface area contributed by atoms with Gasteiger partial charge >= 0.3 is 0 Å². The Morgan fingerprint density at radius 1 is 1.57 bits per heavy atom. The molecule has 0 bridgehead atoms. The number of hydrogen-bond acceptors (Lipinski definition) is 4. The number of aldehydes is 1. The van der Waals surface area contributed by atoms with E-state index in [1.807, 2.05) is 0 Å². The number of methoxy groups -OCH3 is 1. The lowest BCUT2D eigenvalue weighted by atomic mass is 10.3. The lowest BCUT2D eigenvalue weighted by Gasteiger charge is -2.06. The average Bonchev–Trinajstić information content (AvgIpc) is 2.19. The SMILES string of the molecule is COc1ccc(F)cc1N/N=C\C=O. The first-order valence-corrected chi connectivity index (χ1v) is 3.84. The van der Waals surface area contributed by atoms with Crippen molar-refractivity contribution >= 4 is 18.2 Å². The highest BCUT2D eigenvalue weighted by molar-refractivity contribution is 6.13. The van der Waals surface area contributed by atoms with Gasteiger partial charge in [-0.05, 0) is 12.1 Å². The Bertz CT molecular complexity index is 353. The van der Waals surface area contributed by atoms with E-state index in [-0.39, 0.29) is 0 Å². The molecule has 1 aromatic rings. The standard InChI is InChI=1S/C9H9FN2O2/c1-14-9-3-2-7(10)6-8(9)12-11-4-5-13/h2-6,12H,1H3/b11-4-.